The summed E-state index contributed by atoms with van der Waals surface area (Å²) >= 11 is 0. The van der Waals surface area contributed by atoms with Crippen LogP contribution in [0.3, 0.4) is 0 Å². The van der Waals surface area contributed by atoms with Crippen LogP contribution in [0.1, 0.15) is 40.9 Å². The van der Waals surface area contributed by atoms with E-state index in [1.54, 1.807) is 0 Å². The molecule has 0 amide bonds. The van der Waals surface area contributed by atoms with Gasteiger partial charge in [0.25, 0.3) is 0 Å². The molecule has 3 heteroatoms. The molecule has 0 radical (unpaired) electrons. The van der Waals surface area contributed by atoms with Crippen molar-refractivity contribution in [3.8, 4) is 0 Å². The molecule has 2 aromatic rings. The molecule has 1 aliphatic carbocycles. The summed E-state index contributed by atoms with van der Waals surface area (Å²) in [5.74, 6) is 0.0837. The molecule has 0 unspecified atom stereocenters. The van der Waals surface area contributed by atoms with Crippen molar-refractivity contribution in [2.24, 2.45) is 0 Å². The number of ketones is 1. The van der Waals surface area contributed by atoms with Crippen LogP contribution < -0.4 is 9.80 Å². The largest absolute Gasteiger partial charge is 0.364 e. The quantitative estimate of drug-likeness (QED) is 0.453. The number of anilines is 2. The van der Waals surface area contributed by atoms with Crippen LogP contribution in [0, 0.1) is 0 Å². The number of benzene rings is 2. The van der Waals surface area contributed by atoms with E-state index in [1.807, 2.05) is 48.6 Å². The average Bonchev–Trinajstić information content (AvgIpc) is 2.77. The van der Waals surface area contributed by atoms with Crippen molar-refractivity contribution >= 4 is 17.2 Å². The Morgan fingerprint density at radius 1 is 0.710 bits per heavy atom. The van der Waals surface area contributed by atoms with E-state index in [-0.39, 0.29) is 11.2 Å². The van der Waals surface area contributed by atoms with E-state index in [4.69, 9.17) is 0 Å². The Bertz CT molecular complexity index is 932. The van der Waals surface area contributed by atoms with Gasteiger partial charge < -0.3 is 9.80 Å². The molecule has 0 heterocycles. The lowest BCUT2D eigenvalue weighted by Gasteiger charge is -2.36. The molecule has 160 valence electrons. The fraction of sp³-hybridized carbons (Fsp3) is 0.250. The second-order valence-corrected chi connectivity index (χ2v) is 8.38. The number of rotatable bonds is 10. The molecule has 0 aliphatic heterocycles. The Morgan fingerprint density at radius 2 is 1.06 bits per heavy atom. The normalized spacial score (nSPS) is 13.5. The molecule has 0 fully saturated rings. The van der Waals surface area contributed by atoms with Crippen LogP contribution in [0.4, 0.5) is 11.4 Å². The maximum atomic E-state index is 13.4. The predicted octanol–water partition coefficient (Wildman–Crippen LogP) is 5.91. The minimum Gasteiger partial charge on any atom is -0.364 e. The Morgan fingerprint density at radius 3 is 1.39 bits per heavy atom. The molecule has 1 aliphatic rings. The van der Waals surface area contributed by atoms with Crippen LogP contribution in [-0.4, -0.2) is 32.0 Å². The SMILES string of the molecule is C=CCN(CC=C)c1ccc2c(c1)C(C)(C)c1cc(N(CC=C)CC=C)ccc1C2=O. The van der Waals surface area contributed by atoms with E-state index in [0.717, 1.165) is 59.8 Å². The molecular weight excluding hydrogens is 380 g/mol. The summed E-state index contributed by atoms with van der Waals surface area (Å²) in [6, 6.07) is 12.3. The van der Waals surface area contributed by atoms with Crippen molar-refractivity contribution in [1.82, 2.24) is 0 Å². The van der Waals surface area contributed by atoms with Crippen molar-refractivity contribution in [2.75, 3.05) is 36.0 Å². The lowest BCUT2D eigenvalue weighted by Crippen LogP contribution is -2.32. The molecule has 0 spiro atoms. The second-order valence-electron chi connectivity index (χ2n) is 8.38. The number of hydrogen-bond donors (Lipinski definition) is 0. The van der Waals surface area contributed by atoms with E-state index in [2.05, 4.69) is 62.1 Å². The number of carbonyl (C=O) groups excluding carboxylic acids is 1. The van der Waals surface area contributed by atoms with Crippen LogP contribution in [-0.2, 0) is 5.41 Å². The first-order chi connectivity index (χ1) is 14.9. The van der Waals surface area contributed by atoms with Gasteiger partial charge in [-0.05, 0) is 47.5 Å². The van der Waals surface area contributed by atoms with Gasteiger partial charge in [0, 0.05) is 54.1 Å². The van der Waals surface area contributed by atoms with E-state index < -0.39 is 0 Å². The van der Waals surface area contributed by atoms with Crippen molar-refractivity contribution in [2.45, 2.75) is 19.3 Å². The minimum atomic E-state index is -0.313. The van der Waals surface area contributed by atoms with Gasteiger partial charge in [-0.2, -0.15) is 0 Å². The van der Waals surface area contributed by atoms with Crippen molar-refractivity contribution in [3.63, 3.8) is 0 Å². The van der Waals surface area contributed by atoms with Crippen LogP contribution in [0.15, 0.2) is 87.0 Å². The van der Waals surface area contributed by atoms with E-state index >= 15 is 0 Å². The van der Waals surface area contributed by atoms with Gasteiger partial charge in [0.15, 0.2) is 5.78 Å². The first-order valence-corrected chi connectivity index (χ1v) is 10.7. The second kappa shape index (κ2) is 9.22. The van der Waals surface area contributed by atoms with Gasteiger partial charge >= 0.3 is 0 Å². The molecule has 0 saturated carbocycles. The highest BCUT2D eigenvalue weighted by Gasteiger charge is 2.37. The number of hydrogen-bond acceptors (Lipinski definition) is 3. The molecule has 2 aromatic carbocycles. The van der Waals surface area contributed by atoms with Gasteiger partial charge in [-0.25, -0.2) is 0 Å². The van der Waals surface area contributed by atoms with Gasteiger partial charge in [-0.3, -0.25) is 4.79 Å². The van der Waals surface area contributed by atoms with Crippen LogP contribution in [0.5, 0.6) is 0 Å². The topological polar surface area (TPSA) is 23.6 Å². The molecule has 0 atom stereocenters. The highest BCUT2D eigenvalue weighted by atomic mass is 16.1. The van der Waals surface area contributed by atoms with E-state index in [1.165, 1.54) is 0 Å². The summed E-state index contributed by atoms with van der Waals surface area (Å²) in [7, 11) is 0. The molecule has 0 N–H and O–H groups in total. The van der Waals surface area contributed by atoms with Crippen molar-refractivity contribution in [3.05, 3.63) is 109 Å². The Hall–Kier alpha value is -3.33. The van der Waals surface area contributed by atoms with Crippen LogP contribution >= 0.6 is 0 Å². The molecule has 0 saturated heterocycles. The molecule has 31 heavy (non-hydrogen) atoms. The summed E-state index contributed by atoms with van der Waals surface area (Å²) in [6.07, 6.45) is 7.53. The molecule has 0 bridgehead atoms. The number of fused-ring (bicyclic) bond motifs is 2. The van der Waals surface area contributed by atoms with Crippen LogP contribution in [0.2, 0.25) is 0 Å². The number of carbonyl (C=O) groups is 1. The first-order valence-electron chi connectivity index (χ1n) is 10.7. The number of nitrogens with zero attached hydrogens (tertiary/aromatic N) is 2. The summed E-state index contributed by atoms with van der Waals surface area (Å²) in [5, 5.41) is 0. The zero-order chi connectivity index (χ0) is 22.6. The molecule has 3 nitrogen and oxygen atoms in total. The molecular formula is C28H32N2O. The lowest BCUT2D eigenvalue weighted by atomic mass is 9.68. The summed E-state index contributed by atoms with van der Waals surface area (Å²) < 4.78 is 0. The lowest BCUT2D eigenvalue weighted by molar-refractivity contribution is 0.103. The molecule has 0 aromatic heterocycles. The van der Waals surface area contributed by atoms with Gasteiger partial charge in [0.05, 0.1) is 0 Å². The minimum absolute atomic E-state index is 0.0837. The van der Waals surface area contributed by atoms with Gasteiger partial charge in [-0.1, -0.05) is 38.2 Å². The monoisotopic (exact) mass is 412 g/mol. The van der Waals surface area contributed by atoms with Crippen LogP contribution in [0.25, 0.3) is 0 Å². The summed E-state index contributed by atoms with van der Waals surface area (Å²) in [6.45, 7) is 22.8. The first kappa shape index (κ1) is 22.4. The third-order valence-corrected chi connectivity index (χ3v) is 5.97. The Balaban J connectivity index is 2.12. The maximum Gasteiger partial charge on any atom is 0.193 e. The third-order valence-electron chi connectivity index (χ3n) is 5.97. The standard InChI is InChI=1S/C28H32N2O/c1-7-15-29(16-8-2)21-11-13-23-25(19-21)28(5,6)26-20-22(12-14-24(26)27(23)31)30(17-9-3)18-10-4/h7-14,19-20H,1-4,15-18H2,5-6H3. The Labute approximate surface area is 186 Å². The van der Waals surface area contributed by atoms with Gasteiger partial charge in [-0.15, -0.1) is 26.3 Å². The summed E-state index contributed by atoms with van der Waals surface area (Å²) in [4.78, 5) is 17.8. The van der Waals surface area contributed by atoms with Crippen molar-refractivity contribution in [1.29, 1.82) is 0 Å². The third kappa shape index (κ3) is 4.13. The Kier molecular flexibility index (Phi) is 6.65. The maximum absolute atomic E-state index is 13.4. The predicted molar refractivity (Wildman–Crippen MR) is 134 cm³/mol. The highest BCUT2D eigenvalue weighted by Crippen LogP contribution is 2.43. The van der Waals surface area contributed by atoms with Gasteiger partial charge in [0.1, 0.15) is 0 Å². The summed E-state index contributed by atoms with van der Waals surface area (Å²) in [5.41, 5.74) is 5.49. The molecule has 3 rings (SSSR count). The van der Waals surface area contributed by atoms with E-state index in [9.17, 15) is 4.79 Å². The fourth-order valence-corrected chi connectivity index (χ4v) is 4.37. The zero-order valence-corrected chi connectivity index (χ0v) is 18.7. The fourth-order valence-electron chi connectivity index (χ4n) is 4.37. The average molecular weight is 413 g/mol. The smallest absolute Gasteiger partial charge is 0.193 e. The zero-order valence-electron chi connectivity index (χ0n) is 18.7. The highest BCUT2D eigenvalue weighted by molar-refractivity contribution is 6.13. The van der Waals surface area contributed by atoms with Crippen molar-refractivity contribution < 1.29 is 4.79 Å². The van der Waals surface area contributed by atoms with E-state index in [0.29, 0.717) is 0 Å². The van der Waals surface area contributed by atoms with Gasteiger partial charge in [0.2, 0.25) is 0 Å².